The van der Waals surface area contributed by atoms with Gasteiger partial charge in [-0.05, 0) is 37.8 Å². The van der Waals surface area contributed by atoms with Crippen LogP contribution in [0.1, 0.15) is 25.7 Å². The van der Waals surface area contributed by atoms with Crippen molar-refractivity contribution in [1.82, 2.24) is 4.90 Å². The normalized spacial score (nSPS) is 21.9. The maximum Gasteiger partial charge on any atom is 0.120 e. The van der Waals surface area contributed by atoms with Crippen molar-refractivity contribution in [3.63, 3.8) is 0 Å². The van der Waals surface area contributed by atoms with E-state index in [9.17, 15) is 0 Å². The number of methoxy groups -OCH3 is 1. The van der Waals surface area contributed by atoms with Gasteiger partial charge in [0.25, 0.3) is 0 Å². The number of nitrogens with two attached hydrogens (primary N) is 1. The molecule has 0 amide bonds. The van der Waals surface area contributed by atoms with Crippen LogP contribution in [-0.2, 0) is 0 Å². The summed E-state index contributed by atoms with van der Waals surface area (Å²) in [5.41, 5.74) is 7.74. The van der Waals surface area contributed by atoms with Crippen LogP contribution in [0.5, 0.6) is 5.75 Å². The van der Waals surface area contributed by atoms with Crippen LogP contribution in [0.4, 0.5) is 5.69 Å². The molecular formula is C17H27N3O. The summed E-state index contributed by atoms with van der Waals surface area (Å²) in [6.07, 6.45) is 4.92. The predicted octanol–water partition coefficient (Wildman–Crippen LogP) is 2.09. The molecule has 1 aromatic carbocycles. The Hall–Kier alpha value is -1.26. The highest BCUT2D eigenvalue weighted by Crippen LogP contribution is 2.32. The summed E-state index contributed by atoms with van der Waals surface area (Å²) in [5.74, 6) is 0.935. The first kappa shape index (κ1) is 14.7. The van der Waals surface area contributed by atoms with Crippen LogP contribution in [0.25, 0.3) is 0 Å². The summed E-state index contributed by atoms with van der Waals surface area (Å²) in [6, 6.07) is 8.36. The second kappa shape index (κ2) is 6.24. The quantitative estimate of drug-likeness (QED) is 0.901. The smallest absolute Gasteiger partial charge is 0.120 e. The van der Waals surface area contributed by atoms with Gasteiger partial charge in [0.05, 0.1) is 7.11 Å². The standard InChI is InChI=1S/C17H27N3O/c1-21-16-5-2-4-15(14-16)20-12-10-19(11-13-20)9-8-17(18)6-3-7-17/h2,4-5,14H,3,6-13,18H2,1H3. The van der Waals surface area contributed by atoms with Crippen LogP contribution in [0.2, 0.25) is 0 Å². The minimum absolute atomic E-state index is 0.157. The molecule has 1 heterocycles. The molecule has 0 bridgehead atoms. The lowest BCUT2D eigenvalue weighted by molar-refractivity contribution is 0.176. The summed E-state index contributed by atoms with van der Waals surface area (Å²) in [7, 11) is 1.72. The Morgan fingerprint density at radius 1 is 1.19 bits per heavy atom. The highest BCUT2D eigenvalue weighted by molar-refractivity contribution is 5.51. The third kappa shape index (κ3) is 3.50. The molecule has 2 aliphatic rings. The Kier molecular flexibility index (Phi) is 4.36. The van der Waals surface area contributed by atoms with Gasteiger partial charge in [-0.3, -0.25) is 4.90 Å². The van der Waals surface area contributed by atoms with Crippen molar-refractivity contribution in [3.05, 3.63) is 24.3 Å². The van der Waals surface area contributed by atoms with Crippen molar-refractivity contribution in [3.8, 4) is 5.75 Å². The fraction of sp³-hybridized carbons (Fsp3) is 0.647. The highest BCUT2D eigenvalue weighted by atomic mass is 16.5. The molecule has 0 unspecified atom stereocenters. The van der Waals surface area contributed by atoms with E-state index in [0.717, 1.165) is 44.9 Å². The minimum Gasteiger partial charge on any atom is -0.497 e. The van der Waals surface area contributed by atoms with E-state index >= 15 is 0 Å². The van der Waals surface area contributed by atoms with E-state index in [1.54, 1.807) is 7.11 Å². The van der Waals surface area contributed by atoms with Gasteiger partial charge < -0.3 is 15.4 Å². The molecule has 1 saturated heterocycles. The van der Waals surface area contributed by atoms with Gasteiger partial charge in [-0.2, -0.15) is 0 Å². The molecule has 1 aliphatic carbocycles. The van der Waals surface area contributed by atoms with Crippen molar-refractivity contribution >= 4 is 5.69 Å². The van der Waals surface area contributed by atoms with Crippen LogP contribution < -0.4 is 15.4 Å². The summed E-state index contributed by atoms with van der Waals surface area (Å²) in [5, 5.41) is 0. The molecule has 0 atom stereocenters. The molecular weight excluding hydrogens is 262 g/mol. The number of anilines is 1. The van der Waals surface area contributed by atoms with Crippen LogP contribution in [0.15, 0.2) is 24.3 Å². The Labute approximate surface area is 127 Å². The first-order chi connectivity index (χ1) is 10.2. The third-order valence-electron chi connectivity index (χ3n) is 5.07. The first-order valence-electron chi connectivity index (χ1n) is 8.09. The molecule has 21 heavy (non-hydrogen) atoms. The zero-order chi connectivity index (χ0) is 14.7. The highest BCUT2D eigenvalue weighted by Gasteiger charge is 2.32. The molecule has 3 rings (SSSR count). The van der Waals surface area contributed by atoms with Crippen LogP contribution in [-0.4, -0.2) is 50.3 Å². The summed E-state index contributed by atoms with van der Waals surface area (Å²) >= 11 is 0. The van der Waals surface area contributed by atoms with E-state index in [2.05, 4.69) is 28.0 Å². The molecule has 0 aromatic heterocycles. The number of nitrogens with zero attached hydrogens (tertiary/aromatic N) is 2. The van der Waals surface area contributed by atoms with Gasteiger partial charge in [-0.25, -0.2) is 0 Å². The number of piperazine rings is 1. The Morgan fingerprint density at radius 2 is 1.95 bits per heavy atom. The molecule has 4 heteroatoms. The number of hydrogen-bond donors (Lipinski definition) is 1. The molecule has 4 nitrogen and oxygen atoms in total. The van der Waals surface area contributed by atoms with Gasteiger partial charge in [-0.1, -0.05) is 6.07 Å². The van der Waals surface area contributed by atoms with Gasteiger partial charge in [0.2, 0.25) is 0 Å². The van der Waals surface area contributed by atoms with Crippen molar-refractivity contribution in [2.75, 3.05) is 44.7 Å². The lowest BCUT2D eigenvalue weighted by atomic mass is 9.75. The van der Waals surface area contributed by atoms with Gasteiger partial charge in [0.1, 0.15) is 5.75 Å². The molecule has 2 N–H and O–H groups in total. The summed E-state index contributed by atoms with van der Waals surface area (Å²) < 4.78 is 5.31. The minimum atomic E-state index is 0.157. The third-order valence-corrected chi connectivity index (χ3v) is 5.07. The van der Waals surface area contributed by atoms with Gasteiger partial charge in [-0.15, -0.1) is 0 Å². The van der Waals surface area contributed by atoms with E-state index in [1.165, 1.54) is 24.9 Å². The average Bonchev–Trinajstić information content (AvgIpc) is 2.51. The Morgan fingerprint density at radius 3 is 2.57 bits per heavy atom. The van der Waals surface area contributed by atoms with Crippen molar-refractivity contribution < 1.29 is 4.74 Å². The lowest BCUT2D eigenvalue weighted by Crippen LogP contribution is -2.51. The fourth-order valence-electron chi connectivity index (χ4n) is 3.30. The summed E-state index contributed by atoms with van der Waals surface area (Å²) in [6.45, 7) is 5.60. The topological polar surface area (TPSA) is 41.7 Å². The van der Waals surface area contributed by atoms with Crippen molar-refractivity contribution in [2.45, 2.75) is 31.2 Å². The van der Waals surface area contributed by atoms with Crippen LogP contribution >= 0.6 is 0 Å². The van der Waals surface area contributed by atoms with Crippen LogP contribution in [0.3, 0.4) is 0 Å². The number of benzene rings is 1. The molecule has 1 aliphatic heterocycles. The predicted molar refractivity (Wildman–Crippen MR) is 87.0 cm³/mol. The maximum atomic E-state index is 6.32. The monoisotopic (exact) mass is 289 g/mol. The van der Waals surface area contributed by atoms with Crippen molar-refractivity contribution in [2.24, 2.45) is 5.73 Å². The SMILES string of the molecule is COc1cccc(N2CCN(CCC3(N)CCC3)CC2)c1. The number of hydrogen-bond acceptors (Lipinski definition) is 4. The second-order valence-electron chi connectivity index (χ2n) is 6.50. The zero-order valence-corrected chi connectivity index (χ0v) is 13.1. The number of rotatable bonds is 5. The molecule has 0 spiro atoms. The molecule has 1 aromatic rings. The maximum absolute atomic E-state index is 6.32. The van der Waals surface area contributed by atoms with Crippen molar-refractivity contribution in [1.29, 1.82) is 0 Å². The fourth-order valence-corrected chi connectivity index (χ4v) is 3.30. The second-order valence-corrected chi connectivity index (χ2v) is 6.50. The Balaban J connectivity index is 1.48. The van der Waals surface area contributed by atoms with E-state index in [1.807, 2.05) is 6.07 Å². The van der Waals surface area contributed by atoms with Gasteiger partial charge >= 0.3 is 0 Å². The molecule has 1 saturated carbocycles. The zero-order valence-electron chi connectivity index (χ0n) is 13.1. The molecule has 2 fully saturated rings. The molecule has 0 radical (unpaired) electrons. The van der Waals surface area contributed by atoms with Crippen LogP contribution in [0, 0.1) is 0 Å². The Bertz CT molecular complexity index is 465. The molecule has 116 valence electrons. The van der Waals surface area contributed by atoms with Gasteiger partial charge in [0, 0.05) is 50.0 Å². The largest absolute Gasteiger partial charge is 0.497 e. The number of ether oxygens (including phenoxy) is 1. The average molecular weight is 289 g/mol. The van der Waals surface area contributed by atoms with E-state index in [4.69, 9.17) is 10.5 Å². The van der Waals surface area contributed by atoms with E-state index in [0.29, 0.717) is 0 Å². The first-order valence-corrected chi connectivity index (χ1v) is 8.09. The van der Waals surface area contributed by atoms with E-state index in [-0.39, 0.29) is 5.54 Å². The van der Waals surface area contributed by atoms with Gasteiger partial charge in [0.15, 0.2) is 0 Å². The lowest BCUT2D eigenvalue weighted by Gasteiger charge is -2.41. The summed E-state index contributed by atoms with van der Waals surface area (Å²) in [4.78, 5) is 5.00. The van der Waals surface area contributed by atoms with E-state index < -0.39 is 0 Å².